The first-order valence-electron chi connectivity index (χ1n) is 2.53. The van der Waals surface area contributed by atoms with Crippen molar-refractivity contribution < 1.29 is 35.1 Å². The second-order valence-corrected chi connectivity index (χ2v) is 2.64. The van der Waals surface area contributed by atoms with Gasteiger partial charge in [0.2, 0.25) is 0 Å². The molecule has 0 aliphatic carbocycles. The van der Waals surface area contributed by atoms with E-state index >= 15 is 0 Å². The molecular formula is C3H6F3LiO5S. The van der Waals surface area contributed by atoms with Crippen LogP contribution in [0.15, 0.2) is 0 Å². The SMILES string of the molecule is O=S(=O)(O)OCCOC(F)(F)F.[LiH]. The summed E-state index contributed by atoms with van der Waals surface area (Å²) in [6, 6.07) is 0. The van der Waals surface area contributed by atoms with Crippen LogP contribution in [0, 0.1) is 0 Å². The third kappa shape index (κ3) is 15.0. The van der Waals surface area contributed by atoms with E-state index < -0.39 is 30.0 Å². The van der Waals surface area contributed by atoms with E-state index in [1.165, 1.54) is 0 Å². The molecule has 0 saturated heterocycles. The first-order valence-corrected chi connectivity index (χ1v) is 3.90. The van der Waals surface area contributed by atoms with Gasteiger partial charge in [0.05, 0.1) is 13.2 Å². The van der Waals surface area contributed by atoms with Crippen molar-refractivity contribution in [2.45, 2.75) is 6.36 Å². The number of alkyl halides is 3. The van der Waals surface area contributed by atoms with E-state index in [9.17, 15) is 21.6 Å². The Morgan fingerprint density at radius 3 is 2.00 bits per heavy atom. The Morgan fingerprint density at radius 1 is 1.23 bits per heavy atom. The number of halogens is 3. The quantitative estimate of drug-likeness (QED) is 0.398. The number of rotatable bonds is 4. The summed E-state index contributed by atoms with van der Waals surface area (Å²) in [6.45, 7) is -1.89. The predicted octanol–water partition coefficient (Wildman–Crippen LogP) is -0.306. The van der Waals surface area contributed by atoms with E-state index in [-0.39, 0.29) is 18.9 Å². The third-order valence-electron chi connectivity index (χ3n) is 0.581. The molecule has 0 atom stereocenters. The second-order valence-electron chi connectivity index (χ2n) is 1.54. The van der Waals surface area contributed by atoms with Crippen LogP contribution in [0.4, 0.5) is 13.2 Å². The standard InChI is InChI=1S/C3H5F3O5S.Li.H/c4-3(5,6)10-1-2-11-12(7,8)9;;/h1-2H2,(H,7,8,9);;. The molecule has 13 heavy (non-hydrogen) atoms. The number of ether oxygens (including phenoxy) is 1. The Balaban J connectivity index is 0. The molecule has 0 unspecified atom stereocenters. The maximum atomic E-state index is 11.2. The fourth-order valence-electron chi connectivity index (χ4n) is 0.297. The Kier molecular flexibility index (Phi) is 7.05. The Morgan fingerprint density at radius 2 is 1.69 bits per heavy atom. The van der Waals surface area contributed by atoms with E-state index in [0.29, 0.717) is 0 Å². The van der Waals surface area contributed by atoms with Crippen LogP contribution >= 0.6 is 0 Å². The molecule has 1 N–H and O–H groups in total. The minimum absolute atomic E-state index is 0. The Bertz CT molecular complexity index is 224. The van der Waals surface area contributed by atoms with E-state index in [4.69, 9.17) is 4.55 Å². The van der Waals surface area contributed by atoms with Crippen LogP contribution in [-0.4, -0.2) is 51.4 Å². The van der Waals surface area contributed by atoms with Gasteiger partial charge in [-0.25, -0.2) is 4.18 Å². The van der Waals surface area contributed by atoms with Crippen molar-refractivity contribution in [1.82, 2.24) is 0 Å². The van der Waals surface area contributed by atoms with Gasteiger partial charge in [-0.15, -0.1) is 13.2 Å². The molecule has 5 nitrogen and oxygen atoms in total. The fourth-order valence-corrected chi connectivity index (χ4v) is 0.575. The fraction of sp³-hybridized carbons (Fsp3) is 1.00. The summed E-state index contributed by atoms with van der Waals surface area (Å²) < 4.78 is 67.6. The third-order valence-corrected chi connectivity index (χ3v) is 1.05. The molecule has 10 heteroatoms. The van der Waals surface area contributed by atoms with Crippen LogP contribution in [0.5, 0.6) is 0 Å². The molecule has 0 spiro atoms. The van der Waals surface area contributed by atoms with Gasteiger partial charge < -0.3 is 0 Å². The van der Waals surface area contributed by atoms with Gasteiger partial charge in [-0.05, 0) is 0 Å². The number of hydrogen-bond donors (Lipinski definition) is 1. The van der Waals surface area contributed by atoms with Crippen molar-refractivity contribution in [3.63, 3.8) is 0 Å². The van der Waals surface area contributed by atoms with Gasteiger partial charge in [0.15, 0.2) is 0 Å². The van der Waals surface area contributed by atoms with Crippen molar-refractivity contribution in [3.8, 4) is 0 Å². The molecule has 0 heterocycles. The molecule has 0 aromatic rings. The predicted molar refractivity (Wildman–Crippen MR) is 36.7 cm³/mol. The van der Waals surface area contributed by atoms with Crippen LogP contribution in [0.25, 0.3) is 0 Å². The van der Waals surface area contributed by atoms with E-state index in [1.54, 1.807) is 0 Å². The molecular weight excluding hydrogens is 212 g/mol. The van der Waals surface area contributed by atoms with E-state index in [2.05, 4.69) is 8.92 Å². The zero-order valence-corrected chi connectivity index (χ0v) is 6.35. The molecule has 0 aliphatic rings. The minimum atomic E-state index is -4.83. The van der Waals surface area contributed by atoms with Crippen molar-refractivity contribution in [3.05, 3.63) is 0 Å². The van der Waals surface area contributed by atoms with E-state index in [0.717, 1.165) is 0 Å². The summed E-state index contributed by atoms with van der Waals surface area (Å²) >= 11 is 0. The van der Waals surface area contributed by atoms with Crippen LogP contribution in [0.3, 0.4) is 0 Å². The molecule has 0 rings (SSSR count). The summed E-state index contributed by atoms with van der Waals surface area (Å²) in [5, 5.41) is 0. The first-order chi connectivity index (χ1) is 5.21. The van der Waals surface area contributed by atoms with Crippen molar-refractivity contribution in [1.29, 1.82) is 0 Å². The second kappa shape index (κ2) is 5.85. The van der Waals surface area contributed by atoms with Crippen LogP contribution < -0.4 is 0 Å². The molecule has 76 valence electrons. The van der Waals surface area contributed by atoms with Gasteiger partial charge in [-0.1, -0.05) is 0 Å². The summed E-state index contributed by atoms with van der Waals surface area (Å²) in [5.74, 6) is 0. The average Bonchev–Trinajstić information content (AvgIpc) is 1.76. The summed E-state index contributed by atoms with van der Waals surface area (Å²) in [4.78, 5) is 0. The molecule has 0 aromatic heterocycles. The normalized spacial score (nSPS) is 12.3. The van der Waals surface area contributed by atoms with Crippen molar-refractivity contribution >= 4 is 29.3 Å². The van der Waals surface area contributed by atoms with Gasteiger partial charge in [0.25, 0.3) is 0 Å². The summed E-state index contributed by atoms with van der Waals surface area (Å²) in [7, 11) is -4.69. The molecule has 0 bridgehead atoms. The van der Waals surface area contributed by atoms with Crippen LogP contribution in [-0.2, 0) is 19.3 Å². The molecule has 0 radical (unpaired) electrons. The van der Waals surface area contributed by atoms with Crippen LogP contribution in [0.1, 0.15) is 0 Å². The Hall–Kier alpha value is 0.217. The van der Waals surface area contributed by atoms with Crippen molar-refractivity contribution in [2.75, 3.05) is 13.2 Å². The van der Waals surface area contributed by atoms with Gasteiger partial charge in [-0.3, -0.25) is 9.29 Å². The van der Waals surface area contributed by atoms with Crippen molar-refractivity contribution in [2.24, 2.45) is 0 Å². The van der Waals surface area contributed by atoms with Gasteiger partial charge >= 0.3 is 35.6 Å². The zero-order chi connectivity index (χ0) is 9.83. The topological polar surface area (TPSA) is 72.8 Å². The first kappa shape index (κ1) is 15.7. The molecule has 0 aromatic carbocycles. The molecule has 0 amide bonds. The van der Waals surface area contributed by atoms with Crippen LogP contribution in [0.2, 0.25) is 0 Å². The molecule has 0 saturated carbocycles. The maximum absolute atomic E-state index is 11.2. The molecule has 0 fully saturated rings. The van der Waals surface area contributed by atoms with Gasteiger partial charge in [0.1, 0.15) is 0 Å². The average molecular weight is 218 g/mol. The van der Waals surface area contributed by atoms with Gasteiger partial charge in [0, 0.05) is 0 Å². The zero-order valence-electron chi connectivity index (χ0n) is 5.54. The summed E-state index contributed by atoms with van der Waals surface area (Å²) in [5.41, 5.74) is 0. The number of hydrogen-bond acceptors (Lipinski definition) is 4. The molecule has 0 aliphatic heterocycles. The summed E-state index contributed by atoms with van der Waals surface area (Å²) in [6.07, 6.45) is -4.83. The monoisotopic (exact) mass is 218 g/mol. The Labute approximate surface area is 84.3 Å². The van der Waals surface area contributed by atoms with Gasteiger partial charge in [-0.2, -0.15) is 8.42 Å². The van der Waals surface area contributed by atoms with E-state index in [1.807, 2.05) is 0 Å².